The van der Waals surface area contributed by atoms with Crippen LogP contribution in [0.4, 0.5) is 4.79 Å². The largest absolute Gasteiger partial charge is 0.465 e. The molecule has 1 rings (SSSR count). The van der Waals surface area contributed by atoms with Gasteiger partial charge < -0.3 is 14.3 Å². The molecule has 0 aliphatic heterocycles. The Morgan fingerprint density at radius 2 is 1.43 bits per heavy atom. The van der Waals surface area contributed by atoms with E-state index in [1.807, 2.05) is 5.48 Å². The van der Waals surface area contributed by atoms with Crippen molar-refractivity contribution in [3.05, 3.63) is 35.4 Å². The van der Waals surface area contributed by atoms with Crippen LogP contribution in [0.2, 0.25) is 0 Å². The van der Waals surface area contributed by atoms with Gasteiger partial charge in [0.2, 0.25) is 0 Å². The van der Waals surface area contributed by atoms with E-state index in [0.29, 0.717) is 5.56 Å². The lowest BCUT2D eigenvalue weighted by Gasteiger charge is -2.19. The minimum atomic E-state index is -0.873. The second-order valence-electron chi connectivity index (χ2n) is 5.06. The van der Waals surface area contributed by atoms with Gasteiger partial charge in [0.1, 0.15) is 5.60 Å². The fourth-order valence-corrected chi connectivity index (χ4v) is 1.31. The van der Waals surface area contributed by atoms with Gasteiger partial charge in [-0.1, -0.05) is 0 Å². The Labute approximate surface area is 122 Å². The minimum absolute atomic E-state index is 0.165. The van der Waals surface area contributed by atoms with Crippen LogP contribution in [0.25, 0.3) is 0 Å². The highest BCUT2D eigenvalue weighted by atomic mass is 16.7. The average molecular weight is 295 g/mol. The molecule has 1 aromatic carbocycles. The summed E-state index contributed by atoms with van der Waals surface area (Å²) in [7, 11) is 1.26. The smallest absolute Gasteiger partial charge is 0.441 e. The monoisotopic (exact) mass is 295 g/mol. The molecule has 0 spiro atoms. The predicted octanol–water partition coefficient (Wildman–Crippen LogP) is 2.07. The van der Waals surface area contributed by atoms with Gasteiger partial charge in [0.25, 0.3) is 0 Å². The van der Waals surface area contributed by atoms with E-state index in [2.05, 4.69) is 9.57 Å². The number of amides is 1. The normalized spacial score (nSPS) is 10.5. The molecular formula is C14H17NO6. The Balaban J connectivity index is 2.56. The van der Waals surface area contributed by atoms with E-state index < -0.39 is 23.6 Å². The molecule has 0 aliphatic rings. The van der Waals surface area contributed by atoms with E-state index >= 15 is 0 Å². The third-order valence-corrected chi connectivity index (χ3v) is 2.17. The van der Waals surface area contributed by atoms with E-state index in [9.17, 15) is 14.4 Å². The first-order valence-corrected chi connectivity index (χ1v) is 6.11. The summed E-state index contributed by atoms with van der Waals surface area (Å²) in [5.74, 6) is -1.29. The fraction of sp³-hybridized carbons (Fsp3) is 0.357. The highest BCUT2D eigenvalue weighted by molar-refractivity contribution is 5.93. The Hall–Kier alpha value is -2.57. The molecule has 0 aromatic heterocycles. The van der Waals surface area contributed by atoms with Gasteiger partial charge in [-0.15, -0.1) is 5.48 Å². The van der Waals surface area contributed by atoms with Crippen LogP contribution in [0.3, 0.4) is 0 Å². The maximum absolute atomic E-state index is 11.7. The molecule has 0 aliphatic carbocycles. The molecule has 0 saturated heterocycles. The lowest BCUT2D eigenvalue weighted by Crippen LogP contribution is -2.34. The highest BCUT2D eigenvalue weighted by Gasteiger charge is 2.18. The van der Waals surface area contributed by atoms with Crippen molar-refractivity contribution < 1.29 is 28.7 Å². The van der Waals surface area contributed by atoms with Crippen molar-refractivity contribution in [3.8, 4) is 0 Å². The molecule has 0 saturated carbocycles. The number of benzene rings is 1. The number of hydrogen-bond acceptors (Lipinski definition) is 6. The van der Waals surface area contributed by atoms with Crippen molar-refractivity contribution in [1.82, 2.24) is 5.48 Å². The molecule has 7 nitrogen and oxygen atoms in total. The van der Waals surface area contributed by atoms with Crippen molar-refractivity contribution in [1.29, 1.82) is 0 Å². The van der Waals surface area contributed by atoms with Gasteiger partial charge in [0, 0.05) is 0 Å². The van der Waals surface area contributed by atoms with E-state index in [4.69, 9.17) is 4.74 Å². The van der Waals surface area contributed by atoms with E-state index in [0.717, 1.165) is 0 Å². The number of methoxy groups -OCH3 is 1. The van der Waals surface area contributed by atoms with E-state index in [1.54, 1.807) is 20.8 Å². The average Bonchev–Trinajstić information content (AvgIpc) is 2.42. The predicted molar refractivity (Wildman–Crippen MR) is 72.6 cm³/mol. The summed E-state index contributed by atoms with van der Waals surface area (Å²) in [5.41, 5.74) is 1.65. The lowest BCUT2D eigenvalue weighted by atomic mass is 10.1. The Morgan fingerprint density at radius 1 is 0.952 bits per heavy atom. The zero-order chi connectivity index (χ0) is 16.0. The summed E-state index contributed by atoms with van der Waals surface area (Å²) in [5, 5.41) is 0. The molecule has 1 N–H and O–H groups in total. The third-order valence-electron chi connectivity index (χ3n) is 2.17. The molecule has 1 amide bonds. The molecule has 0 bridgehead atoms. The van der Waals surface area contributed by atoms with Gasteiger partial charge >= 0.3 is 18.0 Å². The minimum Gasteiger partial charge on any atom is -0.465 e. The van der Waals surface area contributed by atoms with Crippen molar-refractivity contribution in [3.63, 3.8) is 0 Å². The maximum Gasteiger partial charge on any atom is 0.441 e. The zero-order valence-corrected chi connectivity index (χ0v) is 12.3. The van der Waals surface area contributed by atoms with Gasteiger partial charge in [0.15, 0.2) is 0 Å². The quantitative estimate of drug-likeness (QED) is 0.510. The van der Waals surface area contributed by atoms with Gasteiger partial charge in [-0.3, -0.25) is 0 Å². The number of nitrogens with one attached hydrogen (secondary N) is 1. The lowest BCUT2D eigenvalue weighted by molar-refractivity contribution is -0.00129. The second-order valence-corrected chi connectivity index (χ2v) is 5.06. The Morgan fingerprint density at radius 3 is 1.86 bits per heavy atom. The van der Waals surface area contributed by atoms with Crippen molar-refractivity contribution in [2.45, 2.75) is 26.4 Å². The number of ether oxygens (including phenoxy) is 2. The molecule has 0 heterocycles. The van der Waals surface area contributed by atoms with Crippen LogP contribution in [-0.4, -0.2) is 30.7 Å². The summed E-state index contributed by atoms with van der Waals surface area (Å²) in [6.07, 6.45) is -0.873. The number of hydrogen-bond donors (Lipinski definition) is 1. The third kappa shape index (κ3) is 5.52. The number of esters is 1. The first kappa shape index (κ1) is 16.5. The van der Waals surface area contributed by atoms with Crippen LogP contribution < -0.4 is 5.48 Å². The first-order valence-electron chi connectivity index (χ1n) is 6.11. The highest BCUT2D eigenvalue weighted by Crippen LogP contribution is 2.08. The van der Waals surface area contributed by atoms with Crippen molar-refractivity contribution in [2.24, 2.45) is 0 Å². The number of carbonyl (C=O) groups excluding carboxylic acids is 3. The van der Waals surface area contributed by atoms with Crippen molar-refractivity contribution in [2.75, 3.05) is 7.11 Å². The molecule has 21 heavy (non-hydrogen) atoms. The zero-order valence-electron chi connectivity index (χ0n) is 12.3. The summed E-state index contributed by atoms with van der Waals surface area (Å²) < 4.78 is 9.43. The SMILES string of the molecule is COC(=O)c1ccc(C(=O)ONC(=O)OC(C)(C)C)cc1. The molecular weight excluding hydrogens is 278 g/mol. The summed E-state index contributed by atoms with van der Waals surface area (Å²) >= 11 is 0. The van der Waals surface area contributed by atoms with Gasteiger partial charge in [-0.25, -0.2) is 14.4 Å². The first-order chi connectivity index (χ1) is 9.73. The number of carbonyl (C=O) groups is 3. The van der Waals surface area contributed by atoms with Gasteiger partial charge in [-0.2, -0.15) is 0 Å². The van der Waals surface area contributed by atoms with Crippen molar-refractivity contribution >= 4 is 18.0 Å². The van der Waals surface area contributed by atoms with Crippen LogP contribution in [0.1, 0.15) is 41.5 Å². The Bertz CT molecular complexity index is 529. The van der Waals surface area contributed by atoms with Gasteiger partial charge in [0.05, 0.1) is 18.2 Å². The molecule has 0 unspecified atom stereocenters. The van der Waals surface area contributed by atoms with Crippen LogP contribution >= 0.6 is 0 Å². The van der Waals surface area contributed by atoms with E-state index in [1.165, 1.54) is 31.4 Å². The molecule has 0 radical (unpaired) electrons. The summed E-state index contributed by atoms with van der Waals surface area (Å²) in [6, 6.07) is 5.59. The second kappa shape index (κ2) is 6.74. The van der Waals surface area contributed by atoms with Crippen LogP contribution in [0.15, 0.2) is 24.3 Å². The van der Waals surface area contributed by atoms with Gasteiger partial charge in [-0.05, 0) is 45.0 Å². The number of rotatable bonds is 2. The van der Waals surface area contributed by atoms with E-state index in [-0.39, 0.29) is 5.56 Å². The molecule has 0 atom stereocenters. The topological polar surface area (TPSA) is 90.9 Å². The molecule has 114 valence electrons. The maximum atomic E-state index is 11.7. The summed E-state index contributed by atoms with van der Waals surface area (Å²) in [6.45, 7) is 5.04. The van der Waals surface area contributed by atoms with Crippen LogP contribution in [-0.2, 0) is 14.3 Å². The molecule has 1 aromatic rings. The summed E-state index contributed by atoms with van der Waals surface area (Å²) in [4.78, 5) is 38.8. The Kier molecular flexibility index (Phi) is 5.29. The van der Waals surface area contributed by atoms with Crippen LogP contribution in [0.5, 0.6) is 0 Å². The fourth-order valence-electron chi connectivity index (χ4n) is 1.31. The van der Waals surface area contributed by atoms with Crippen LogP contribution in [0, 0.1) is 0 Å². The molecule has 0 fully saturated rings. The standard InChI is InChI=1S/C14H17NO6/c1-14(2,3)20-13(18)15-21-12(17)10-7-5-9(6-8-10)11(16)19-4/h5-8H,1-4H3,(H,15,18). The molecule has 7 heteroatoms. The number of hydroxylamine groups is 1.